The van der Waals surface area contributed by atoms with Gasteiger partial charge in [0, 0.05) is 12.6 Å². The van der Waals surface area contributed by atoms with E-state index >= 15 is 0 Å². The number of ether oxygens (including phenoxy) is 1. The average molecular weight is 359 g/mol. The maximum absolute atomic E-state index is 13.7. The molecule has 1 aliphatic carbocycles. The minimum Gasteiger partial charge on any atom is -0.466 e. The number of hydrogen-bond acceptors (Lipinski definition) is 3. The van der Waals surface area contributed by atoms with Gasteiger partial charge in [0.05, 0.1) is 18.4 Å². The average Bonchev–Trinajstić information content (AvgIpc) is 3.16. The summed E-state index contributed by atoms with van der Waals surface area (Å²) in [5, 5.41) is 0. The Kier molecular flexibility index (Phi) is 3.81. The maximum Gasteiger partial charge on any atom is 0.335 e. The number of hydrogen-bond donors (Lipinski definition) is 0. The molecule has 1 amide bonds. The van der Waals surface area contributed by atoms with Crippen molar-refractivity contribution >= 4 is 23.1 Å². The van der Waals surface area contributed by atoms with Crippen molar-refractivity contribution in [2.45, 2.75) is 19.3 Å². The second-order valence-electron chi connectivity index (χ2n) is 7.11. The molecule has 4 rings (SSSR count). The summed E-state index contributed by atoms with van der Waals surface area (Å²) < 4.78 is 5.05. The normalized spacial score (nSPS) is 20.6. The summed E-state index contributed by atoms with van der Waals surface area (Å²) in [5.74, 6) is -0.610. The van der Waals surface area contributed by atoms with Crippen molar-refractivity contribution < 1.29 is 14.3 Å². The number of rotatable bonds is 2. The monoisotopic (exact) mass is 359 g/mol. The number of benzene rings is 2. The van der Waals surface area contributed by atoms with Crippen LogP contribution in [-0.2, 0) is 19.7 Å². The van der Waals surface area contributed by atoms with Gasteiger partial charge in [-0.25, -0.2) is 4.79 Å². The number of carbonyl (C=O) groups is 2. The largest absolute Gasteiger partial charge is 0.466 e. The van der Waals surface area contributed by atoms with Crippen molar-refractivity contribution in [1.29, 1.82) is 0 Å². The summed E-state index contributed by atoms with van der Waals surface area (Å²) in [4.78, 5) is 28.1. The van der Waals surface area contributed by atoms with Crippen LogP contribution in [0.25, 0.3) is 5.57 Å². The van der Waals surface area contributed by atoms with Gasteiger partial charge in [-0.05, 0) is 36.6 Å². The molecule has 1 atom stereocenters. The first-order chi connectivity index (χ1) is 12.9. The highest BCUT2D eigenvalue weighted by atomic mass is 16.5. The molecule has 4 heteroatoms. The molecule has 0 fully saturated rings. The first-order valence-electron chi connectivity index (χ1n) is 8.89. The molecule has 1 spiro atoms. The highest BCUT2D eigenvalue weighted by molar-refractivity contribution is 6.24. The number of anilines is 1. The van der Waals surface area contributed by atoms with Gasteiger partial charge in [0.1, 0.15) is 5.41 Å². The zero-order valence-corrected chi connectivity index (χ0v) is 15.9. The Bertz CT molecular complexity index is 1030. The molecule has 1 heterocycles. The number of methoxy groups -OCH3 is 1. The Morgan fingerprint density at radius 3 is 2.44 bits per heavy atom. The van der Waals surface area contributed by atoms with E-state index in [1.807, 2.05) is 56.3 Å². The van der Waals surface area contributed by atoms with Crippen molar-refractivity contribution in [2.24, 2.45) is 0 Å². The van der Waals surface area contributed by atoms with E-state index in [4.69, 9.17) is 4.74 Å². The molecular formula is C23H21NO3. The molecule has 2 aromatic carbocycles. The smallest absolute Gasteiger partial charge is 0.335 e. The number of carbonyl (C=O) groups excluding carboxylic acids is 2. The number of nitrogens with zero attached hydrogens (tertiary/aromatic N) is 1. The molecule has 0 unspecified atom stereocenters. The van der Waals surface area contributed by atoms with Crippen molar-refractivity contribution in [3.05, 3.63) is 82.4 Å². The second-order valence-corrected chi connectivity index (χ2v) is 7.11. The van der Waals surface area contributed by atoms with Crippen LogP contribution in [0, 0.1) is 13.8 Å². The van der Waals surface area contributed by atoms with E-state index in [1.54, 1.807) is 18.0 Å². The minimum atomic E-state index is -1.17. The molecule has 0 bridgehead atoms. The number of allylic oxidation sites excluding steroid dienone is 2. The van der Waals surface area contributed by atoms with Crippen molar-refractivity contribution in [1.82, 2.24) is 0 Å². The quantitative estimate of drug-likeness (QED) is 0.768. The van der Waals surface area contributed by atoms with Crippen LogP contribution in [0.4, 0.5) is 5.69 Å². The fourth-order valence-corrected chi connectivity index (χ4v) is 4.50. The first kappa shape index (κ1) is 17.3. The molecule has 136 valence electrons. The third kappa shape index (κ3) is 2.16. The molecular weight excluding hydrogens is 338 g/mol. The van der Waals surface area contributed by atoms with Crippen LogP contribution in [0.3, 0.4) is 0 Å². The molecule has 4 nitrogen and oxygen atoms in total. The lowest BCUT2D eigenvalue weighted by atomic mass is 9.69. The SMILES string of the molecule is COC(=O)C1=CC=C(c2ccccc2)[C@]12C(=O)N(C)c1c(C)cc(C)cc12. The summed E-state index contributed by atoms with van der Waals surface area (Å²) in [6.45, 7) is 4.00. The van der Waals surface area contributed by atoms with E-state index < -0.39 is 11.4 Å². The Morgan fingerprint density at radius 1 is 1.07 bits per heavy atom. The molecule has 27 heavy (non-hydrogen) atoms. The lowest BCUT2D eigenvalue weighted by Gasteiger charge is -2.29. The Labute approximate surface area is 158 Å². The second kappa shape index (κ2) is 5.95. The van der Waals surface area contributed by atoms with Gasteiger partial charge in [-0.3, -0.25) is 4.79 Å². The van der Waals surface area contributed by atoms with Gasteiger partial charge in [0.15, 0.2) is 0 Å². The predicted octanol–water partition coefficient (Wildman–Crippen LogP) is 3.71. The number of amides is 1. The molecule has 0 saturated carbocycles. The van der Waals surface area contributed by atoms with Crippen molar-refractivity contribution in [3.63, 3.8) is 0 Å². The van der Waals surface area contributed by atoms with Crippen LogP contribution in [0.2, 0.25) is 0 Å². The molecule has 0 aromatic heterocycles. The van der Waals surface area contributed by atoms with Gasteiger partial charge in [-0.2, -0.15) is 0 Å². The van der Waals surface area contributed by atoms with Gasteiger partial charge >= 0.3 is 5.97 Å². The molecule has 1 aliphatic heterocycles. The maximum atomic E-state index is 13.7. The topological polar surface area (TPSA) is 46.6 Å². The zero-order chi connectivity index (χ0) is 19.3. The first-order valence-corrected chi connectivity index (χ1v) is 8.89. The lowest BCUT2D eigenvalue weighted by molar-refractivity contribution is -0.137. The fourth-order valence-electron chi connectivity index (χ4n) is 4.50. The van der Waals surface area contributed by atoms with E-state index in [9.17, 15) is 9.59 Å². The summed E-state index contributed by atoms with van der Waals surface area (Å²) >= 11 is 0. The minimum absolute atomic E-state index is 0.129. The highest BCUT2D eigenvalue weighted by Gasteiger charge is 2.59. The van der Waals surface area contributed by atoms with Gasteiger partial charge in [-0.1, -0.05) is 54.1 Å². The van der Waals surface area contributed by atoms with Gasteiger partial charge < -0.3 is 9.64 Å². The summed E-state index contributed by atoms with van der Waals surface area (Å²) in [7, 11) is 3.12. The van der Waals surface area contributed by atoms with E-state index in [0.717, 1.165) is 33.5 Å². The molecule has 0 N–H and O–H groups in total. The highest BCUT2D eigenvalue weighted by Crippen LogP contribution is 2.56. The Morgan fingerprint density at radius 2 is 1.78 bits per heavy atom. The van der Waals surface area contributed by atoms with Crippen LogP contribution in [-0.4, -0.2) is 26.0 Å². The summed E-state index contributed by atoms with van der Waals surface area (Å²) in [5.41, 5.74) is 4.70. The molecule has 2 aliphatic rings. The predicted molar refractivity (Wildman–Crippen MR) is 106 cm³/mol. The van der Waals surface area contributed by atoms with E-state index in [0.29, 0.717) is 5.57 Å². The summed E-state index contributed by atoms with van der Waals surface area (Å²) in [6.07, 6.45) is 3.60. The van der Waals surface area contributed by atoms with Crippen molar-refractivity contribution in [2.75, 3.05) is 19.1 Å². The van der Waals surface area contributed by atoms with Gasteiger partial charge in [0.2, 0.25) is 5.91 Å². The third-order valence-corrected chi connectivity index (χ3v) is 5.52. The zero-order valence-electron chi connectivity index (χ0n) is 15.9. The lowest BCUT2D eigenvalue weighted by Crippen LogP contribution is -2.42. The Hall–Kier alpha value is -3.14. The molecule has 2 aromatic rings. The van der Waals surface area contributed by atoms with Gasteiger partial charge in [-0.15, -0.1) is 0 Å². The number of aryl methyl sites for hydroxylation is 2. The molecule has 0 radical (unpaired) electrons. The van der Waals surface area contributed by atoms with Crippen LogP contribution in [0.1, 0.15) is 22.3 Å². The van der Waals surface area contributed by atoms with Gasteiger partial charge in [0.25, 0.3) is 0 Å². The fraction of sp³-hybridized carbons (Fsp3) is 0.217. The van der Waals surface area contributed by atoms with Crippen LogP contribution in [0.5, 0.6) is 0 Å². The van der Waals surface area contributed by atoms with Crippen LogP contribution < -0.4 is 4.90 Å². The standard InChI is InChI=1S/C23H21NO3/c1-14-12-15(2)20-19(13-14)23(22(26)24(20)3)17(16-8-6-5-7-9-16)10-11-18(23)21(25)27-4/h5-13H,1-4H3/t23-/m0/s1. The Balaban J connectivity index is 2.08. The number of esters is 1. The molecule has 0 saturated heterocycles. The summed E-state index contributed by atoms with van der Waals surface area (Å²) in [6, 6.07) is 13.8. The number of likely N-dealkylation sites (N-methyl/N-ethyl adjacent to an activating group) is 1. The van der Waals surface area contributed by atoms with Crippen LogP contribution >= 0.6 is 0 Å². The van der Waals surface area contributed by atoms with E-state index in [2.05, 4.69) is 6.07 Å². The van der Waals surface area contributed by atoms with E-state index in [-0.39, 0.29) is 5.91 Å². The van der Waals surface area contributed by atoms with E-state index in [1.165, 1.54) is 7.11 Å². The number of fused-ring (bicyclic) bond motifs is 2. The third-order valence-electron chi connectivity index (χ3n) is 5.52. The van der Waals surface area contributed by atoms with Crippen molar-refractivity contribution in [3.8, 4) is 0 Å². The van der Waals surface area contributed by atoms with Crippen LogP contribution in [0.15, 0.2) is 60.2 Å².